The van der Waals surface area contributed by atoms with E-state index < -0.39 is 5.92 Å². The Kier molecular flexibility index (Phi) is 5.69. The van der Waals surface area contributed by atoms with Crippen LogP contribution in [0.15, 0.2) is 48.5 Å². The number of nitrogens with one attached hydrogen (secondary N) is 2. The number of carbonyl (C=O) groups excluding carboxylic acids is 2. The number of nitrogens with zero attached hydrogens (tertiary/aromatic N) is 2. The van der Waals surface area contributed by atoms with Crippen molar-refractivity contribution in [2.24, 2.45) is 11.8 Å². The molecular weight excluding hydrogens is 412 g/mol. The van der Waals surface area contributed by atoms with Crippen LogP contribution in [0.25, 0.3) is 0 Å². The molecule has 5 rings (SSSR count). The first kappa shape index (κ1) is 20.7. The molecule has 2 saturated heterocycles. The number of likely N-dealkylation sites (tertiary alicyclic amines) is 1. The van der Waals surface area contributed by atoms with Crippen LogP contribution < -0.4 is 25.2 Å². The zero-order valence-corrected chi connectivity index (χ0v) is 17.8. The first-order valence-corrected chi connectivity index (χ1v) is 10.7. The second-order valence-electron chi connectivity index (χ2n) is 8.19. The topological polar surface area (TPSA) is 92.4 Å². The van der Waals surface area contributed by atoms with Crippen molar-refractivity contribution in [3.05, 3.63) is 48.5 Å². The lowest BCUT2D eigenvalue weighted by atomic mass is 9.84. The number of fused-ring (bicyclic) bond motifs is 2. The van der Waals surface area contributed by atoms with E-state index in [0.29, 0.717) is 43.4 Å². The molecular formula is C23H26N4O5. The smallest absolute Gasteiger partial charge is 0.247 e. The molecule has 2 fully saturated rings. The van der Waals surface area contributed by atoms with E-state index in [0.717, 1.165) is 5.69 Å². The third-order valence-corrected chi connectivity index (χ3v) is 6.20. The maximum absolute atomic E-state index is 13.4. The first-order valence-electron chi connectivity index (χ1n) is 10.7. The van der Waals surface area contributed by atoms with Crippen LogP contribution in [0.3, 0.4) is 0 Å². The summed E-state index contributed by atoms with van der Waals surface area (Å²) in [6.07, 6.45) is 0. The molecule has 2 amide bonds. The molecule has 3 aliphatic heterocycles. The molecule has 168 valence electrons. The average molecular weight is 438 g/mol. The second-order valence-corrected chi connectivity index (χ2v) is 8.19. The van der Waals surface area contributed by atoms with Gasteiger partial charge in [-0.05, 0) is 24.3 Å². The minimum Gasteiger partial charge on any atom is -0.454 e. The zero-order chi connectivity index (χ0) is 22.1. The highest BCUT2D eigenvalue weighted by Crippen LogP contribution is 2.35. The summed E-state index contributed by atoms with van der Waals surface area (Å²) in [6.45, 7) is 2.49. The molecule has 2 aromatic rings. The minimum atomic E-state index is -0.423. The highest BCUT2D eigenvalue weighted by molar-refractivity contribution is 6.00. The fourth-order valence-electron chi connectivity index (χ4n) is 4.57. The second kappa shape index (κ2) is 8.78. The van der Waals surface area contributed by atoms with E-state index in [2.05, 4.69) is 15.6 Å². The lowest BCUT2D eigenvalue weighted by Crippen LogP contribution is -2.56. The van der Waals surface area contributed by atoms with Crippen LogP contribution in [0, 0.1) is 11.8 Å². The molecule has 3 unspecified atom stereocenters. The van der Waals surface area contributed by atoms with Gasteiger partial charge in [0.1, 0.15) is 0 Å². The Labute approximate surface area is 186 Å². The SMILES string of the molecule is COCCN1CC(C(=O)Nc2ccc3c(c2)OCO3)C2NN(c3ccccc3)C(=O)C2C1. The lowest BCUT2D eigenvalue weighted by molar-refractivity contribution is -0.126. The highest BCUT2D eigenvalue weighted by Gasteiger charge is 2.50. The van der Waals surface area contributed by atoms with Crippen LogP contribution in [-0.2, 0) is 14.3 Å². The number of hydrazine groups is 1. The molecule has 3 heterocycles. The van der Waals surface area contributed by atoms with E-state index >= 15 is 0 Å². The number of hydrogen-bond donors (Lipinski definition) is 2. The minimum absolute atomic E-state index is 0.0239. The zero-order valence-electron chi connectivity index (χ0n) is 17.8. The van der Waals surface area contributed by atoms with Crippen LogP contribution >= 0.6 is 0 Å². The summed E-state index contributed by atoms with van der Waals surface area (Å²) < 4.78 is 16.0. The molecule has 9 heteroatoms. The van der Waals surface area contributed by atoms with Gasteiger partial charge in [-0.1, -0.05) is 18.2 Å². The summed E-state index contributed by atoms with van der Waals surface area (Å²) in [4.78, 5) is 28.8. The summed E-state index contributed by atoms with van der Waals surface area (Å²) in [5.41, 5.74) is 4.72. The lowest BCUT2D eigenvalue weighted by Gasteiger charge is -2.38. The molecule has 0 saturated carbocycles. The predicted molar refractivity (Wildman–Crippen MR) is 117 cm³/mol. The van der Waals surface area contributed by atoms with Gasteiger partial charge in [0, 0.05) is 38.5 Å². The van der Waals surface area contributed by atoms with Crippen molar-refractivity contribution < 1.29 is 23.8 Å². The van der Waals surface area contributed by atoms with Crippen molar-refractivity contribution in [2.45, 2.75) is 6.04 Å². The van der Waals surface area contributed by atoms with Gasteiger partial charge in [-0.25, -0.2) is 10.4 Å². The molecule has 3 aliphatic rings. The molecule has 0 radical (unpaired) electrons. The molecule has 0 bridgehead atoms. The standard InChI is InChI=1S/C23H26N4O5/c1-30-10-9-26-12-17(22(28)24-15-7-8-19-20(11-15)32-14-31-19)21-18(13-26)23(29)27(25-21)16-5-3-2-4-6-16/h2-8,11,17-18,21,25H,9-10,12-14H2,1H3,(H,24,28). The maximum Gasteiger partial charge on any atom is 0.247 e. The van der Waals surface area contributed by atoms with E-state index in [4.69, 9.17) is 14.2 Å². The van der Waals surface area contributed by atoms with E-state index in [9.17, 15) is 9.59 Å². The number of piperidine rings is 1. The van der Waals surface area contributed by atoms with Gasteiger partial charge in [-0.15, -0.1) is 0 Å². The number of para-hydroxylation sites is 1. The summed E-state index contributed by atoms with van der Waals surface area (Å²) >= 11 is 0. The number of benzene rings is 2. The number of anilines is 2. The molecule has 0 spiro atoms. The summed E-state index contributed by atoms with van der Waals surface area (Å²) in [5.74, 6) is 0.353. The quantitative estimate of drug-likeness (QED) is 0.706. The van der Waals surface area contributed by atoms with Gasteiger partial charge in [0.15, 0.2) is 11.5 Å². The number of hydrogen-bond acceptors (Lipinski definition) is 7. The Hall–Kier alpha value is -3.14. The third kappa shape index (κ3) is 3.90. The third-order valence-electron chi connectivity index (χ3n) is 6.20. The number of ether oxygens (including phenoxy) is 3. The summed E-state index contributed by atoms with van der Waals surface area (Å²) in [6, 6.07) is 14.5. The van der Waals surface area contributed by atoms with Crippen molar-refractivity contribution in [1.29, 1.82) is 0 Å². The van der Waals surface area contributed by atoms with E-state index in [1.807, 2.05) is 30.3 Å². The van der Waals surface area contributed by atoms with Crippen LogP contribution in [0.5, 0.6) is 11.5 Å². The number of methoxy groups -OCH3 is 1. The molecule has 0 aromatic heterocycles. The van der Waals surface area contributed by atoms with Gasteiger partial charge in [-0.3, -0.25) is 14.5 Å². The van der Waals surface area contributed by atoms with Gasteiger partial charge in [0.05, 0.1) is 30.2 Å². The fraction of sp³-hybridized carbons (Fsp3) is 0.391. The largest absolute Gasteiger partial charge is 0.454 e. The molecule has 3 atom stereocenters. The van der Waals surface area contributed by atoms with Crippen LogP contribution in [0.4, 0.5) is 11.4 Å². The Morgan fingerprint density at radius 1 is 1.16 bits per heavy atom. The van der Waals surface area contributed by atoms with Crippen molar-refractivity contribution >= 4 is 23.2 Å². The van der Waals surface area contributed by atoms with Crippen LogP contribution in [0.2, 0.25) is 0 Å². The molecule has 32 heavy (non-hydrogen) atoms. The van der Waals surface area contributed by atoms with E-state index in [1.54, 1.807) is 30.3 Å². The normalized spacial score (nSPS) is 24.5. The van der Waals surface area contributed by atoms with Crippen molar-refractivity contribution in [2.75, 3.05) is 50.5 Å². The van der Waals surface area contributed by atoms with Gasteiger partial charge < -0.3 is 19.5 Å². The fourth-order valence-corrected chi connectivity index (χ4v) is 4.57. The predicted octanol–water partition coefficient (Wildman–Crippen LogP) is 1.47. The number of carbonyl (C=O) groups is 2. The van der Waals surface area contributed by atoms with Crippen molar-refractivity contribution in [1.82, 2.24) is 10.3 Å². The van der Waals surface area contributed by atoms with Crippen molar-refractivity contribution in [3.63, 3.8) is 0 Å². The maximum atomic E-state index is 13.4. The van der Waals surface area contributed by atoms with Crippen LogP contribution in [-0.4, -0.2) is 62.9 Å². The number of amides is 2. The highest BCUT2D eigenvalue weighted by atomic mass is 16.7. The number of rotatable bonds is 6. The van der Waals surface area contributed by atoms with E-state index in [1.165, 1.54) is 0 Å². The Morgan fingerprint density at radius 3 is 2.78 bits per heavy atom. The summed E-state index contributed by atoms with van der Waals surface area (Å²) in [7, 11) is 1.65. The average Bonchev–Trinajstić information content (AvgIpc) is 3.42. The Morgan fingerprint density at radius 2 is 1.97 bits per heavy atom. The molecule has 0 aliphatic carbocycles. The monoisotopic (exact) mass is 438 g/mol. The Bertz CT molecular complexity index is 1000. The van der Waals surface area contributed by atoms with Gasteiger partial charge in [0.25, 0.3) is 0 Å². The van der Waals surface area contributed by atoms with Gasteiger partial charge in [0.2, 0.25) is 18.6 Å². The van der Waals surface area contributed by atoms with Crippen molar-refractivity contribution in [3.8, 4) is 11.5 Å². The van der Waals surface area contributed by atoms with Gasteiger partial charge >= 0.3 is 0 Å². The van der Waals surface area contributed by atoms with Gasteiger partial charge in [-0.2, -0.15) is 0 Å². The van der Waals surface area contributed by atoms with E-state index in [-0.39, 0.29) is 30.6 Å². The molecule has 2 aromatic carbocycles. The Balaban J connectivity index is 1.37. The first-order chi connectivity index (χ1) is 15.6. The van der Waals surface area contributed by atoms with Crippen LogP contribution in [0.1, 0.15) is 0 Å². The summed E-state index contributed by atoms with van der Waals surface area (Å²) in [5, 5.41) is 4.58. The molecule has 2 N–H and O–H groups in total. The molecule has 9 nitrogen and oxygen atoms in total.